The molecule has 4 rings (SSSR count). The third-order valence-corrected chi connectivity index (χ3v) is 7.38. The number of methoxy groups -OCH3 is 1. The molecule has 2 fully saturated rings. The summed E-state index contributed by atoms with van der Waals surface area (Å²) in [5, 5.41) is 2.61. The number of aldehydes is 1. The van der Waals surface area contributed by atoms with E-state index in [2.05, 4.69) is 10.2 Å². The highest BCUT2D eigenvalue weighted by atomic mass is 16.5. The SMILES string of the molecule is CNC(=O)C(CCC=O)N1Cc2cc(OC3CCCC3N3CCC(OC)CC3)ccc2C1=O. The van der Waals surface area contributed by atoms with Crippen molar-refractivity contribution in [1.29, 1.82) is 0 Å². The number of rotatable bonds is 9. The molecule has 1 saturated heterocycles. The lowest BCUT2D eigenvalue weighted by atomic mass is 10.0. The van der Waals surface area contributed by atoms with Crippen molar-refractivity contribution in [2.24, 2.45) is 0 Å². The molecule has 1 aromatic carbocycles. The van der Waals surface area contributed by atoms with Crippen molar-refractivity contribution in [2.75, 3.05) is 27.2 Å². The Kier molecular flexibility index (Phi) is 7.65. The van der Waals surface area contributed by atoms with Crippen LogP contribution in [-0.4, -0.2) is 79.4 Å². The van der Waals surface area contributed by atoms with Gasteiger partial charge in [-0.3, -0.25) is 14.5 Å². The van der Waals surface area contributed by atoms with Gasteiger partial charge in [-0.2, -0.15) is 0 Å². The number of likely N-dealkylation sites (tertiary alicyclic amines) is 1. The summed E-state index contributed by atoms with van der Waals surface area (Å²) >= 11 is 0. The maximum Gasteiger partial charge on any atom is 0.255 e. The minimum atomic E-state index is -0.654. The van der Waals surface area contributed by atoms with Crippen LogP contribution in [0.25, 0.3) is 0 Å². The third kappa shape index (κ3) is 5.06. The molecule has 1 aromatic rings. The first-order valence-corrected chi connectivity index (χ1v) is 12.1. The number of carbonyl (C=O) groups excluding carboxylic acids is 3. The molecule has 8 nitrogen and oxygen atoms in total. The average Bonchev–Trinajstić information content (AvgIpc) is 3.43. The molecule has 1 aliphatic carbocycles. The standard InChI is InChI=1S/C25H35N3O5/c1-26-24(30)22(6-4-14-29)28-16-17-15-19(8-9-20(17)25(28)31)33-23-7-3-5-21(23)27-12-10-18(32-2)11-13-27/h8-9,14-15,18,21-23H,3-7,10-13,16H2,1-2H3,(H,26,30). The van der Waals surface area contributed by atoms with Crippen LogP contribution in [0, 0.1) is 0 Å². The molecule has 1 saturated carbocycles. The van der Waals surface area contributed by atoms with E-state index in [1.54, 1.807) is 19.1 Å². The van der Waals surface area contributed by atoms with Gasteiger partial charge in [0.2, 0.25) is 5.91 Å². The van der Waals surface area contributed by atoms with Crippen LogP contribution < -0.4 is 10.1 Å². The molecule has 2 heterocycles. The second kappa shape index (κ2) is 10.7. The zero-order chi connectivity index (χ0) is 23.4. The normalized spacial score (nSPS) is 24.5. The fourth-order valence-corrected chi connectivity index (χ4v) is 5.55. The van der Waals surface area contributed by atoms with E-state index in [9.17, 15) is 14.4 Å². The number of ether oxygens (including phenoxy) is 2. The van der Waals surface area contributed by atoms with Crippen molar-refractivity contribution in [3.05, 3.63) is 29.3 Å². The fraction of sp³-hybridized carbons (Fsp3) is 0.640. The van der Waals surface area contributed by atoms with Crippen molar-refractivity contribution in [1.82, 2.24) is 15.1 Å². The first-order chi connectivity index (χ1) is 16.0. The molecule has 3 atom stereocenters. The molecule has 3 unspecified atom stereocenters. The van der Waals surface area contributed by atoms with Crippen LogP contribution in [-0.2, 0) is 20.9 Å². The number of benzene rings is 1. The maximum absolute atomic E-state index is 13.0. The first-order valence-electron chi connectivity index (χ1n) is 12.1. The van der Waals surface area contributed by atoms with Gasteiger partial charge in [0.05, 0.1) is 6.10 Å². The van der Waals surface area contributed by atoms with Gasteiger partial charge in [-0.05, 0) is 62.3 Å². The van der Waals surface area contributed by atoms with E-state index >= 15 is 0 Å². The quantitative estimate of drug-likeness (QED) is 0.572. The van der Waals surface area contributed by atoms with E-state index in [0.717, 1.165) is 62.8 Å². The molecule has 2 aliphatic heterocycles. The number of hydrogen-bond donors (Lipinski definition) is 1. The fourth-order valence-electron chi connectivity index (χ4n) is 5.55. The van der Waals surface area contributed by atoms with Crippen LogP contribution in [0.4, 0.5) is 0 Å². The second-order valence-corrected chi connectivity index (χ2v) is 9.25. The largest absolute Gasteiger partial charge is 0.489 e. The highest BCUT2D eigenvalue weighted by Crippen LogP contribution is 2.33. The maximum atomic E-state index is 13.0. The number of fused-ring (bicyclic) bond motifs is 1. The number of amides is 2. The molecular formula is C25H35N3O5. The van der Waals surface area contributed by atoms with E-state index in [1.807, 2.05) is 18.2 Å². The summed E-state index contributed by atoms with van der Waals surface area (Å²) in [6, 6.07) is 5.38. The van der Waals surface area contributed by atoms with Gasteiger partial charge in [-0.25, -0.2) is 0 Å². The van der Waals surface area contributed by atoms with Gasteiger partial charge in [0.25, 0.3) is 5.91 Å². The van der Waals surface area contributed by atoms with Crippen molar-refractivity contribution < 1.29 is 23.9 Å². The van der Waals surface area contributed by atoms with Crippen LogP contribution >= 0.6 is 0 Å². The molecule has 8 heteroatoms. The van der Waals surface area contributed by atoms with Gasteiger partial charge in [0.15, 0.2) is 0 Å². The number of nitrogens with zero attached hydrogens (tertiary/aromatic N) is 2. The van der Waals surface area contributed by atoms with Crippen LogP contribution in [0.5, 0.6) is 5.75 Å². The zero-order valence-corrected chi connectivity index (χ0v) is 19.6. The third-order valence-electron chi connectivity index (χ3n) is 7.38. The Morgan fingerprint density at radius 2 is 2.03 bits per heavy atom. The lowest BCUT2D eigenvalue weighted by Gasteiger charge is -2.38. The van der Waals surface area contributed by atoms with E-state index in [1.165, 1.54) is 0 Å². The molecule has 0 spiro atoms. The van der Waals surface area contributed by atoms with Gasteiger partial charge in [-0.15, -0.1) is 0 Å². The van der Waals surface area contributed by atoms with Crippen molar-refractivity contribution in [3.63, 3.8) is 0 Å². The minimum Gasteiger partial charge on any atom is -0.489 e. The summed E-state index contributed by atoms with van der Waals surface area (Å²) in [7, 11) is 3.34. The van der Waals surface area contributed by atoms with Crippen molar-refractivity contribution in [2.45, 2.75) is 75.8 Å². The van der Waals surface area contributed by atoms with Gasteiger partial charge < -0.3 is 24.5 Å². The Morgan fingerprint density at radius 3 is 2.73 bits per heavy atom. The molecule has 33 heavy (non-hydrogen) atoms. The van der Waals surface area contributed by atoms with Crippen molar-refractivity contribution in [3.8, 4) is 5.75 Å². The molecule has 3 aliphatic rings. The highest BCUT2D eigenvalue weighted by Gasteiger charge is 2.38. The topological polar surface area (TPSA) is 88.2 Å². The number of carbonyl (C=O) groups is 3. The van der Waals surface area contributed by atoms with Crippen LogP contribution in [0.15, 0.2) is 18.2 Å². The Morgan fingerprint density at radius 1 is 1.24 bits per heavy atom. The van der Waals surface area contributed by atoms with Gasteiger partial charge in [-0.1, -0.05) is 0 Å². The zero-order valence-electron chi connectivity index (χ0n) is 19.6. The van der Waals surface area contributed by atoms with Crippen LogP contribution in [0.2, 0.25) is 0 Å². The number of hydrogen-bond acceptors (Lipinski definition) is 6. The second-order valence-electron chi connectivity index (χ2n) is 9.25. The number of piperidine rings is 1. The van der Waals surface area contributed by atoms with Gasteiger partial charge >= 0.3 is 0 Å². The molecule has 0 bridgehead atoms. The number of likely N-dealkylation sites (N-methyl/N-ethyl adjacent to an activating group) is 1. The van der Waals surface area contributed by atoms with Gasteiger partial charge in [0.1, 0.15) is 24.2 Å². The Hall–Kier alpha value is -2.45. The summed E-state index contributed by atoms with van der Waals surface area (Å²) in [5.74, 6) is 0.354. The molecular weight excluding hydrogens is 422 g/mol. The summed E-state index contributed by atoms with van der Waals surface area (Å²) in [4.78, 5) is 40.3. The Bertz CT molecular complexity index is 868. The molecule has 1 N–H and O–H groups in total. The summed E-state index contributed by atoms with van der Waals surface area (Å²) < 4.78 is 12.0. The number of nitrogens with one attached hydrogen (secondary N) is 1. The van der Waals surface area contributed by atoms with E-state index in [0.29, 0.717) is 30.7 Å². The van der Waals surface area contributed by atoms with E-state index in [4.69, 9.17) is 9.47 Å². The predicted molar refractivity (Wildman–Crippen MR) is 123 cm³/mol. The van der Waals surface area contributed by atoms with E-state index in [-0.39, 0.29) is 24.3 Å². The Labute approximate surface area is 195 Å². The highest BCUT2D eigenvalue weighted by molar-refractivity contribution is 6.01. The minimum absolute atomic E-state index is 0.140. The Balaban J connectivity index is 1.43. The van der Waals surface area contributed by atoms with E-state index < -0.39 is 6.04 Å². The van der Waals surface area contributed by atoms with Gasteiger partial charge in [0, 0.05) is 51.8 Å². The monoisotopic (exact) mass is 457 g/mol. The van der Waals surface area contributed by atoms with Crippen LogP contribution in [0.1, 0.15) is 60.9 Å². The van der Waals surface area contributed by atoms with Crippen LogP contribution in [0.3, 0.4) is 0 Å². The molecule has 2 amide bonds. The summed E-state index contributed by atoms with van der Waals surface area (Å²) in [6.45, 7) is 2.43. The molecule has 180 valence electrons. The smallest absolute Gasteiger partial charge is 0.255 e. The first kappa shape index (κ1) is 23.7. The lowest BCUT2D eigenvalue weighted by molar-refractivity contribution is -0.125. The van der Waals surface area contributed by atoms with Crippen molar-refractivity contribution >= 4 is 18.1 Å². The average molecular weight is 458 g/mol. The molecule has 0 radical (unpaired) electrons. The predicted octanol–water partition coefficient (Wildman–Crippen LogP) is 2.15. The summed E-state index contributed by atoms with van der Waals surface area (Å²) in [6.07, 6.45) is 7.29. The lowest BCUT2D eigenvalue weighted by Crippen LogP contribution is -2.47. The molecule has 0 aromatic heterocycles. The summed E-state index contributed by atoms with van der Waals surface area (Å²) in [5.41, 5.74) is 1.47.